The molecule has 0 aliphatic carbocycles. The third kappa shape index (κ3) is 5.76. The SMILES string of the molecule is c1ccc(-c2cc(-c3ccccc3)nc(-n3c4ccc(-c5ccc6c7ccccc7n(-c7ccccc7)c6c5)cc4c4ccc(-c5cccc6c5sc5ccccc56)cc43)c2)cc1. The molecular weight excluding hydrogens is 783 g/mol. The van der Waals surface area contributed by atoms with Gasteiger partial charge in [0.25, 0.3) is 0 Å². The summed E-state index contributed by atoms with van der Waals surface area (Å²) in [6.45, 7) is 0. The molecule has 0 unspecified atom stereocenters. The molecule has 0 spiro atoms. The molecule has 0 atom stereocenters. The predicted molar refractivity (Wildman–Crippen MR) is 268 cm³/mol. The summed E-state index contributed by atoms with van der Waals surface area (Å²) in [6.07, 6.45) is 0. The third-order valence-corrected chi connectivity index (χ3v) is 13.9. The first kappa shape index (κ1) is 35.7. The van der Waals surface area contributed by atoms with Gasteiger partial charge in [-0.3, -0.25) is 4.57 Å². The van der Waals surface area contributed by atoms with Gasteiger partial charge in [0, 0.05) is 53.0 Å². The van der Waals surface area contributed by atoms with Crippen LogP contribution in [0, 0.1) is 0 Å². The highest BCUT2D eigenvalue weighted by Gasteiger charge is 2.20. The predicted octanol–water partition coefficient (Wildman–Crippen LogP) is 16.3. The number of nitrogens with zero attached hydrogens (tertiary/aromatic N) is 3. The molecule has 294 valence electrons. The van der Waals surface area contributed by atoms with Gasteiger partial charge < -0.3 is 4.57 Å². The number of hydrogen-bond donors (Lipinski definition) is 0. The Morgan fingerprint density at radius 1 is 0.317 bits per heavy atom. The van der Waals surface area contributed by atoms with Crippen molar-refractivity contribution in [1.29, 1.82) is 0 Å². The zero-order valence-corrected chi connectivity index (χ0v) is 34.9. The maximum absolute atomic E-state index is 5.49. The monoisotopic (exact) mass is 819 g/mol. The van der Waals surface area contributed by atoms with Crippen molar-refractivity contribution in [1.82, 2.24) is 14.1 Å². The van der Waals surface area contributed by atoms with Crippen LogP contribution in [0.2, 0.25) is 0 Å². The first-order valence-corrected chi connectivity index (χ1v) is 22.3. The molecule has 13 rings (SSSR count). The summed E-state index contributed by atoms with van der Waals surface area (Å²) in [7, 11) is 0. The van der Waals surface area contributed by atoms with Crippen molar-refractivity contribution in [2.24, 2.45) is 0 Å². The average Bonchev–Trinajstić information content (AvgIpc) is 4.01. The minimum Gasteiger partial charge on any atom is -0.309 e. The number of para-hydroxylation sites is 2. The zero-order valence-electron chi connectivity index (χ0n) is 34.1. The molecule has 0 aliphatic heterocycles. The van der Waals surface area contributed by atoms with Crippen molar-refractivity contribution in [3.8, 4) is 56.1 Å². The van der Waals surface area contributed by atoms with Gasteiger partial charge in [-0.1, -0.05) is 164 Å². The zero-order chi connectivity index (χ0) is 41.4. The molecule has 4 heteroatoms. The molecule has 0 fully saturated rings. The van der Waals surface area contributed by atoms with E-state index < -0.39 is 0 Å². The largest absolute Gasteiger partial charge is 0.309 e. The Kier molecular flexibility index (Phi) is 8.08. The van der Waals surface area contributed by atoms with E-state index in [2.05, 4.69) is 234 Å². The van der Waals surface area contributed by atoms with Gasteiger partial charge in [0.1, 0.15) is 5.82 Å². The lowest BCUT2D eigenvalue weighted by atomic mass is 9.99. The van der Waals surface area contributed by atoms with Gasteiger partial charge in [0.15, 0.2) is 0 Å². The van der Waals surface area contributed by atoms with Crippen LogP contribution in [0.3, 0.4) is 0 Å². The summed E-state index contributed by atoms with van der Waals surface area (Å²) in [5.41, 5.74) is 14.9. The summed E-state index contributed by atoms with van der Waals surface area (Å²) in [5, 5.41) is 7.48. The number of fused-ring (bicyclic) bond motifs is 9. The number of aromatic nitrogens is 3. The molecule has 63 heavy (non-hydrogen) atoms. The smallest absolute Gasteiger partial charge is 0.138 e. The molecule has 0 radical (unpaired) electrons. The Labute approximate surface area is 368 Å². The fraction of sp³-hybridized carbons (Fsp3) is 0. The van der Waals surface area contributed by atoms with Crippen LogP contribution in [-0.4, -0.2) is 14.1 Å². The molecule has 13 aromatic rings. The van der Waals surface area contributed by atoms with Gasteiger partial charge in [-0.25, -0.2) is 4.98 Å². The Bertz CT molecular complexity index is 3840. The highest BCUT2D eigenvalue weighted by atomic mass is 32.1. The minimum absolute atomic E-state index is 0.883. The van der Waals surface area contributed by atoms with Crippen LogP contribution in [0.15, 0.2) is 224 Å². The van der Waals surface area contributed by atoms with E-state index in [0.717, 1.165) is 44.9 Å². The highest BCUT2D eigenvalue weighted by molar-refractivity contribution is 7.26. The average molecular weight is 820 g/mol. The van der Waals surface area contributed by atoms with Crippen molar-refractivity contribution in [3.05, 3.63) is 224 Å². The molecule has 0 amide bonds. The van der Waals surface area contributed by atoms with Crippen molar-refractivity contribution >= 4 is 75.1 Å². The highest BCUT2D eigenvalue weighted by Crippen LogP contribution is 2.43. The van der Waals surface area contributed by atoms with Gasteiger partial charge in [-0.2, -0.15) is 0 Å². The topological polar surface area (TPSA) is 22.8 Å². The van der Waals surface area contributed by atoms with Crippen LogP contribution in [0.25, 0.3) is 120 Å². The lowest BCUT2D eigenvalue weighted by molar-refractivity contribution is 1.08. The summed E-state index contributed by atoms with van der Waals surface area (Å²) in [6, 6.07) is 81.5. The van der Waals surface area contributed by atoms with E-state index in [4.69, 9.17) is 4.98 Å². The first-order chi connectivity index (χ1) is 31.2. The fourth-order valence-electron chi connectivity index (χ4n) is 9.78. The Hall–Kier alpha value is -8.05. The van der Waals surface area contributed by atoms with Gasteiger partial charge in [-0.05, 0) is 94.0 Å². The van der Waals surface area contributed by atoms with E-state index >= 15 is 0 Å². The molecule has 0 aliphatic rings. The Morgan fingerprint density at radius 3 is 1.73 bits per heavy atom. The van der Waals surface area contributed by atoms with Crippen LogP contribution in [0.1, 0.15) is 0 Å². The second kappa shape index (κ2) is 14.3. The minimum atomic E-state index is 0.883. The quantitative estimate of drug-likeness (QED) is 0.164. The van der Waals surface area contributed by atoms with Crippen LogP contribution in [0.4, 0.5) is 0 Å². The standard InChI is InChI=1S/C59H37N3S/c1-4-15-38(16-5-1)43-34-52(39-17-6-2-7-18-39)60-58(37-43)62-54-32-29-40(41-27-30-47-46-21-10-12-25-53(46)61(55(47)35-41)44-19-8-3-9-20-44)33-51(54)48-31-28-42(36-56(48)62)45-23-14-24-50-49-22-11-13-26-57(49)63-59(45)50/h1-37H. The van der Waals surface area contributed by atoms with Crippen LogP contribution >= 0.6 is 11.3 Å². The van der Waals surface area contributed by atoms with Crippen molar-refractivity contribution in [3.63, 3.8) is 0 Å². The molecule has 9 aromatic carbocycles. The number of rotatable bonds is 6. The van der Waals surface area contributed by atoms with E-state index in [9.17, 15) is 0 Å². The molecule has 0 N–H and O–H groups in total. The van der Waals surface area contributed by atoms with E-state index in [0.29, 0.717) is 0 Å². The normalized spacial score (nSPS) is 11.8. The number of hydrogen-bond acceptors (Lipinski definition) is 2. The van der Waals surface area contributed by atoms with E-state index in [1.807, 2.05) is 11.3 Å². The van der Waals surface area contributed by atoms with Crippen LogP contribution in [0.5, 0.6) is 0 Å². The molecular formula is C59H37N3S. The molecule has 4 aromatic heterocycles. The molecule has 4 heterocycles. The number of benzene rings is 9. The first-order valence-electron chi connectivity index (χ1n) is 21.4. The molecule has 0 bridgehead atoms. The van der Waals surface area contributed by atoms with Crippen molar-refractivity contribution in [2.45, 2.75) is 0 Å². The third-order valence-electron chi connectivity index (χ3n) is 12.7. The van der Waals surface area contributed by atoms with E-state index in [1.165, 1.54) is 75.0 Å². The Balaban J connectivity index is 1.07. The summed E-state index contributed by atoms with van der Waals surface area (Å²) in [5.74, 6) is 0.883. The van der Waals surface area contributed by atoms with Gasteiger partial charge in [0.05, 0.1) is 27.8 Å². The Morgan fingerprint density at radius 2 is 0.905 bits per heavy atom. The maximum Gasteiger partial charge on any atom is 0.138 e. The summed E-state index contributed by atoms with van der Waals surface area (Å²) in [4.78, 5) is 5.49. The van der Waals surface area contributed by atoms with Gasteiger partial charge in [0.2, 0.25) is 0 Å². The van der Waals surface area contributed by atoms with E-state index in [1.54, 1.807) is 0 Å². The second-order valence-corrected chi connectivity index (χ2v) is 17.4. The summed E-state index contributed by atoms with van der Waals surface area (Å²) >= 11 is 1.87. The van der Waals surface area contributed by atoms with Crippen LogP contribution in [-0.2, 0) is 0 Å². The fourth-order valence-corrected chi connectivity index (χ4v) is 11.0. The number of thiophene rings is 1. The van der Waals surface area contributed by atoms with Crippen LogP contribution < -0.4 is 0 Å². The molecule has 3 nitrogen and oxygen atoms in total. The molecule has 0 saturated carbocycles. The van der Waals surface area contributed by atoms with Gasteiger partial charge >= 0.3 is 0 Å². The van der Waals surface area contributed by atoms with Gasteiger partial charge in [-0.15, -0.1) is 11.3 Å². The molecule has 0 saturated heterocycles. The second-order valence-electron chi connectivity index (χ2n) is 16.3. The maximum atomic E-state index is 5.49. The number of pyridine rings is 1. The van der Waals surface area contributed by atoms with E-state index in [-0.39, 0.29) is 0 Å². The lowest BCUT2D eigenvalue weighted by Gasteiger charge is -2.14. The van der Waals surface area contributed by atoms with Crippen molar-refractivity contribution in [2.75, 3.05) is 0 Å². The summed E-state index contributed by atoms with van der Waals surface area (Å²) < 4.78 is 7.40. The van der Waals surface area contributed by atoms with Crippen molar-refractivity contribution < 1.29 is 0 Å². The lowest BCUT2D eigenvalue weighted by Crippen LogP contribution is -2.00.